The first-order valence-electron chi connectivity index (χ1n) is 6.35. The molecule has 0 saturated heterocycles. The van der Waals surface area contributed by atoms with Gasteiger partial charge in [-0.25, -0.2) is 0 Å². The van der Waals surface area contributed by atoms with Crippen molar-refractivity contribution in [1.82, 2.24) is 0 Å². The lowest BCUT2D eigenvalue weighted by Crippen LogP contribution is -2.15. The van der Waals surface area contributed by atoms with Crippen molar-refractivity contribution in [3.63, 3.8) is 0 Å². The Labute approximate surface area is 113 Å². The Hall–Kier alpha value is -1.59. The molecule has 1 rings (SSSR count). The zero-order valence-electron chi connectivity index (χ0n) is 11.5. The van der Waals surface area contributed by atoms with Gasteiger partial charge >= 0.3 is 0 Å². The normalized spacial score (nSPS) is 10.2. The van der Waals surface area contributed by atoms with E-state index < -0.39 is 0 Å². The Bertz CT molecular complexity index is 364. The molecule has 0 aliphatic rings. The molecule has 0 unspecified atom stereocenters. The summed E-state index contributed by atoms with van der Waals surface area (Å²) in [5.74, 6) is 0.727. The van der Waals surface area contributed by atoms with Crippen molar-refractivity contribution in [2.24, 2.45) is 0 Å². The predicted octanol–water partition coefficient (Wildman–Crippen LogP) is 2.08. The number of benzene rings is 1. The molecule has 0 heterocycles. The van der Waals surface area contributed by atoms with Gasteiger partial charge in [0.25, 0.3) is 0 Å². The van der Waals surface area contributed by atoms with Crippen LogP contribution in [0, 0.1) is 0 Å². The first-order chi connectivity index (χ1) is 9.26. The van der Waals surface area contributed by atoms with Gasteiger partial charge in [0.2, 0.25) is 5.91 Å². The van der Waals surface area contributed by atoms with Crippen molar-refractivity contribution in [3.05, 3.63) is 24.3 Å². The fourth-order valence-electron chi connectivity index (χ4n) is 1.43. The average molecular weight is 267 g/mol. The van der Waals surface area contributed by atoms with Crippen molar-refractivity contribution in [2.75, 3.05) is 38.9 Å². The SMILES string of the molecule is CCOc1ccc(NC(=O)CCOCCOC)cc1. The van der Waals surface area contributed by atoms with Crippen molar-refractivity contribution < 1.29 is 19.0 Å². The molecule has 0 aliphatic heterocycles. The molecular formula is C14H21NO4. The van der Waals surface area contributed by atoms with E-state index in [2.05, 4.69) is 5.32 Å². The molecule has 106 valence electrons. The average Bonchev–Trinajstić information content (AvgIpc) is 2.41. The van der Waals surface area contributed by atoms with Crippen LogP contribution in [0.25, 0.3) is 0 Å². The molecule has 0 bridgehead atoms. The Morgan fingerprint density at radius 1 is 1.16 bits per heavy atom. The molecule has 1 aromatic carbocycles. The fraction of sp³-hybridized carbons (Fsp3) is 0.500. The number of rotatable bonds is 9. The molecule has 1 N–H and O–H groups in total. The molecule has 0 aromatic heterocycles. The van der Waals surface area contributed by atoms with E-state index in [4.69, 9.17) is 14.2 Å². The topological polar surface area (TPSA) is 56.8 Å². The smallest absolute Gasteiger partial charge is 0.226 e. The van der Waals surface area contributed by atoms with Crippen LogP contribution in [0.15, 0.2) is 24.3 Å². The Balaban J connectivity index is 2.24. The van der Waals surface area contributed by atoms with E-state index in [1.807, 2.05) is 31.2 Å². The lowest BCUT2D eigenvalue weighted by atomic mass is 10.3. The minimum Gasteiger partial charge on any atom is -0.494 e. The van der Waals surface area contributed by atoms with Gasteiger partial charge in [0, 0.05) is 12.8 Å². The maximum absolute atomic E-state index is 11.6. The summed E-state index contributed by atoms with van der Waals surface area (Å²) in [4.78, 5) is 11.6. The van der Waals surface area contributed by atoms with E-state index >= 15 is 0 Å². The largest absolute Gasteiger partial charge is 0.494 e. The standard InChI is InChI=1S/C14H21NO4/c1-3-19-13-6-4-12(5-7-13)15-14(16)8-9-18-11-10-17-2/h4-7H,3,8-11H2,1-2H3,(H,15,16). The van der Waals surface area contributed by atoms with Crippen LogP contribution in [0.2, 0.25) is 0 Å². The first kappa shape index (κ1) is 15.5. The van der Waals surface area contributed by atoms with Gasteiger partial charge in [0.05, 0.1) is 32.8 Å². The molecule has 5 nitrogen and oxygen atoms in total. The van der Waals surface area contributed by atoms with Crippen LogP contribution in [-0.4, -0.2) is 39.4 Å². The second-order valence-corrected chi connectivity index (χ2v) is 3.86. The molecule has 5 heteroatoms. The summed E-state index contributed by atoms with van der Waals surface area (Å²) in [7, 11) is 1.61. The Kier molecular flexibility index (Phi) is 7.62. The summed E-state index contributed by atoms with van der Waals surface area (Å²) in [6, 6.07) is 7.28. The van der Waals surface area contributed by atoms with Gasteiger partial charge in [-0.3, -0.25) is 4.79 Å². The minimum absolute atomic E-state index is 0.0680. The predicted molar refractivity (Wildman–Crippen MR) is 73.6 cm³/mol. The summed E-state index contributed by atoms with van der Waals surface area (Å²) < 4.78 is 15.4. The van der Waals surface area contributed by atoms with Crippen LogP contribution < -0.4 is 10.1 Å². The number of carbonyl (C=O) groups excluding carboxylic acids is 1. The van der Waals surface area contributed by atoms with Crippen LogP contribution in [0.3, 0.4) is 0 Å². The number of amides is 1. The molecule has 19 heavy (non-hydrogen) atoms. The highest BCUT2D eigenvalue weighted by atomic mass is 16.5. The number of methoxy groups -OCH3 is 1. The van der Waals surface area contributed by atoms with E-state index in [0.29, 0.717) is 32.8 Å². The highest BCUT2D eigenvalue weighted by Crippen LogP contribution is 2.15. The number of carbonyl (C=O) groups is 1. The zero-order chi connectivity index (χ0) is 13.9. The fourth-order valence-corrected chi connectivity index (χ4v) is 1.43. The highest BCUT2D eigenvalue weighted by molar-refractivity contribution is 5.90. The van der Waals surface area contributed by atoms with Crippen LogP contribution in [0.1, 0.15) is 13.3 Å². The zero-order valence-corrected chi connectivity index (χ0v) is 11.5. The Morgan fingerprint density at radius 2 is 1.89 bits per heavy atom. The third-order valence-electron chi connectivity index (χ3n) is 2.35. The Morgan fingerprint density at radius 3 is 2.53 bits per heavy atom. The van der Waals surface area contributed by atoms with E-state index in [-0.39, 0.29) is 5.91 Å². The minimum atomic E-state index is -0.0680. The highest BCUT2D eigenvalue weighted by Gasteiger charge is 2.02. The van der Waals surface area contributed by atoms with Gasteiger partial charge in [0.1, 0.15) is 5.75 Å². The molecule has 0 fully saturated rings. The van der Waals surface area contributed by atoms with Crippen molar-refractivity contribution in [1.29, 1.82) is 0 Å². The first-order valence-corrected chi connectivity index (χ1v) is 6.35. The van der Waals surface area contributed by atoms with Crippen LogP contribution in [0.4, 0.5) is 5.69 Å². The molecule has 1 aromatic rings. The summed E-state index contributed by atoms with van der Waals surface area (Å²) in [6.45, 7) is 4.00. The van der Waals surface area contributed by atoms with E-state index in [0.717, 1.165) is 11.4 Å². The van der Waals surface area contributed by atoms with Crippen LogP contribution in [-0.2, 0) is 14.3 Å². The summed E-state index contributed by atoms with van der Waals surface area (Å²) in [5, 5.41) is 2.80. The summed E-state index contributed by atoms with van der Waals surface area (Å²) in [5.41, 5.74) is 0.755. The molecular weight excluding hydrogens is 246 g/mol. The van der Waals surface area contributed by atoms with E-state index in [1.54, 1.807) is 7.11 Å². The number of hydrogen-bond donors (Lipinski definition) is 1. The van der Waals surface area contributed by atoms with Gasteiger partial charge in [0.15, 0.2) is 0 Å². The second-order valence-electron chi connectivity index (χ2n) is 3.86. The molecule has 0 saturated carbocycles. The summed E-state index contributed by atoms with van der Waals surface area (Å²) in [6.07, 6.45) is 0.330. The second kappa shape index (κ2) is 9.35. The molecule has 0 radical (unpaired) electrons. The third-order valence-corrected chi connectivity index (χ3v) is 2.35. The number of anilines is 1. The van der Waals surface area contributed by atoms with Crippen LogP contribution >= 0.6 is 0 Å². The van der Waals surface area contributed by atoms with Gasteiger partial charge in [-0.1, -0.05) is 0 Å². The van der Waals surface area contributed by atoms with Crippen molar-refractivity contribution in [3.8, 4) is 5.75 Å². The van der Waals surface area contributed by atoms with Gasteiger partial charge < -0.3 is 19.5 Å². The van der Waals surface area contributed by atoms with Gasteiger partial charge in [-0.2, -0.15) is 0 Å². The number of ether oxygens (including phenoxy) is 3. The quantitative estimate of drug-likeness (QED) is 0.696. The van der Waals surface area contributed by atoms with Gasteiger partial charge in [-0.05, 0) is 31.2 Å². The van der Waals surface area contributed by atoms with Gasteiger partial charge in [-0.15, -0.1) is 0 Å². The molecule has 0 aliphatic carbocycles. The number of nitrogens with one attached hydrogen (secondary N) is 1. The maximum Gasteiger partial charge on any atom is 0.226 e. The van der Waals surface area contributed by atoms with E-state index in [9.17, 15) is 4.79 Å². The lowest BCUT2D eigenvalue weighted by molar-refractivity contribution is -0.117. The number of hydrogen-bond acceptors (Lipinski definition) is 4. The maximum atomic E-state index is 11.6. The molecule has 1 amide bonds. The lowest BCUT2D eigenvalue weighted by Gasteiger charge is -2.07. The summed E-state index contributed by atoms with van der Waals surface area (Å²) >= 11 is 0. The third kappa shape index (κ3) is 6.79. The molecule has 0 spiro atoms. The molecule has 0 atom stereocenters. The van der Waals surface area contributed by atoms with Crippen LogP contribution in [0.5, 0.6) is 5.75 Å². The monoisotopic (exact) mass is 267 g/mol. The van der Waals surface area contributed by atoms with Crippen molar-refractivity contribution in [2.45, 2.75) is 13.3 Å². The van der Waals surface area contributed by atoms with Crippen molar-refractivity contribution >= 4 is 11.6 Å². The van der Waals surface area contributed by atoms with E-state index in [1.165, 1.54) is 0 Å².